The summed E-state index contributed by atoms with van der Waals surface area (Å²) < 4.78 is 5.11. The molecule has 152 valence electrons. The van der Waals surface area contributed by atoms with Crippen molar-refractivity contribution in [1.29, 1.82) is 0 Å². The summed E-state index contributed by atoms with van der Waals surface area (Å²) in [5.41, 5.74) is 2.18. The van der Waals surface area contributed by atoms with Crippen LogP contribution < -0.4 is 10.2 Å². The highest BCUT2D eigenvalue weighted by atomic mass is 35.5. The number of aryl methyl sites for hydroxylation is 1. The summed E-state index contributed by atoms with van der Waals surface area (Å²) in [5, 5.41) is 3.28. The summed E-state index contributed by atoms with van der Waals surface area (Å²) in [4.78, 5) is 38.5. The lowest BCUT2D eigenvalue weighted by Gasteiger charge is -2.19. The molecule has 1 aliphatic heterocycles. The van der Waals surface area contributed by atoms with Gasteiger partial charge in [-0.1, -0.05) is 48.3 Å². The van der Waals surface area contributed by atoms with Gasteiger partial charge in [0.2, 0.25) is 5.91 Å². The molecule has 0 unspecified atom stereocenters. The van der Waals surface area contributed by atoms with Gasteiger partial charge >= 0.3 is 5.97 Å². The Kier molecular flexibility index (Phi) is 6.77. The van der Waals surface area contributed by atoms with E-state index in [1.165, 1.54) is 6.07 Å². The van der Waals surface area contributed by atoms with Gasteiger partial charge in [0.1, 0.15) is 0 Å². The van der Waals surface area contributed by atoms with Gasteiger partial charge in [0, 0.05) is 23.7 Å². The first kappa shape index (κ1) is 21.1. The Labute approximate surface area is 178 Å². The zero-order chi connectivity index (χ0) is 21.0. The monoisotopic (exact) mass is 434 g/mol. The number of hydrogen-bond acceptors (Lipinski definition) is 4. The smallest absolute Gasteiger partial charge is 0.311 e. The molecule has 0 bridgehead atoms. The largest absolute Gasteiger partial charge is 0.455 e. The molecule has 1 atom stereocenters. The van der Waals surface area contributed by atoms with Gasteiger partial charge in [0.05, 0.1) is 16.6 Å². The van der Waals surface area contributed by atoms with Crippen LogP contribution in [0.2, 0.25) is 10.0 Å². The predicted molar refractivity (Wildman–Crippen MR) is 112 cm³/mol. The maximum atomic E-state index is 12.4. The third-order valence-electron chi connectivity index (χ3n) is 4.67. The molecule has 1 heterocycles. The van der Waals surface area contributed by atoms with Gasteiger partial charge in [0.15, 0.2) is 6.61 Å². The Morgan fingerprint density at radius 1 is 1.21 bits per heavy atom. The van der Waals surface area contributed by atoms with Crippen molar-refractivity contribution in [2.45, 2.75) is 19.8 Å². The lowest BCUT2D eigenvalue weighted by molar-refractivity contribution is -0.151. The number of ether oxygens (including phenoxy) is 1. The van der Waals surface area contributed by atoms with E-state index in [1.54, 1.807) is 17.0 Å². The molecule has 1 aliphatic rings. The quantitative estimate of drug-likeness (QED) is 0.694. The van der Waals surface area contributed by atoms with Crippen LogP contribution in [0.25, 0.3) is 0 Å². The number of nitrogens with zero attached hydrogens (tertiary/aromatic N) is 1. The first-order chi connectivity index (χ1) is 13.9. The number of rotatable bonds is 6. The highest BCUT2D eigenvalue weighted by molar-refractivity contribution is 6.35. The molecule has 2 amide bonds. The molecule has 0 saturated carbocycles. The maximum absolute atomic E-state index is 12.4. The molecule has 8 heteroatoms. The van der Waals surface area contributed by atoms with Crippen LogP contribution in [0.1, 0.15) is 18.9 Å². The van der Waals surface area contributed by atoms with E-state index in [0.29, 0.717) is 15.7 Å². The summed E-state index contributed by atoms with van der Waals surface area (Å²) in [6.07, 6.45) is 0.833. The Morgan fingerprint density at radius 2 is 1.97 bits per heavy atom. The number of benzene rings is 2. The first-order valence-electron chi connectivity index (χ1n) is 9.18. The lowest BCUT2D eigenvalue weighted by Crippen LogP contribution is -2.28. The predicted octanol–water partition coefficient (Wildman–Crippen LogP) is 4.09. The van der Waals surface area contributed by atoms with Crippen LogP contribution in [0.15, 0.2) is 42.5 Å². The van der Waals surface area contributed by atoms with Crippen LogP contribution in [0.5, 0.6) is 0 Å². The van der Waals surface area contributed by atoms with Gasteiger partial charge in [-0.05, 0) is 36.2 Å². The van der Waals surface area contributed by atoms with Gasteiger partial charge in [-0.2, -0.15) is 0 Å². The summed E-state index contributed by atoms with van der Waals surface area (Å²) in [7, 11) is 0. The molecule has 0 aliphatic carbocycles. The van der Waals surface area contributed by atoms with Crippen molar-refractivity contribution in [3.63, 3.8) is 0 Å². The summed E-state index contributed by atoms with van der Waals surface area (Å²) in [6.45, 7) is 1.77. The Bertz CT molecular complexity index is 948. The Balaban J connectivity index is 1.57. The van der Waals surface area contributed by atoms with Crippen molar-refractivity contribution in [3.05, 3.63) is 58.1 Å². The SMILES string of the molecule is CCc1ccccc1N1C[C@@H](C(=O)OCC(=O)Nc2cc(Cl)ccc2Cl)CC1=O. The number of para-hydroxylation sites is 1. The van der Waals surface area contributed by atoms with Crippen LogP contribution in [-0.4, -0.2) is 30.9 Å². The van der Waals surface area contributed by atoms with Crippen LogP contribution in [0, 0.1) is 5.92 Å². The topological polar surface area (TPSA) is 75.7 Å². The number of anilines is 2. The fourth-order valence-electron chi connectivity index (χ4n) is 3.21. The summed E-state index contributed by atoms with van der Waals surface area (Å²) >= 11 is 11.9. The van der Waals surface area contributed by atoms with Gasteiger partial charge in [-0.25, -0.2) is 0 Å². The Hall–Kier alpha value is -2.57. The fourth-order valence-corrected chi connectivity index (χ4v) is 3.54. The summed E-state index contributed by atoms with van der Waals surface area (Å²) in [5.74, 6) is -1.87. The van der Waals surface area contributed by atoms with Crippen LogP contribution in [0.3, 0.4) is 0 Å². The fraction of sp³-hybridized carbons (Fsp3) is 0.286. The van der Waals surface area contributed by atoms with E-state index in [2.05, 4.69) is 5.32 Å². The molecule has 1 fully saturated rings. The van der Waals surface area contributed by atoms with Crippen LogP contribution >= 0.6 is 23.2 Å². The van der Waals surface area contributed by atoms with Crippen LogP contribution in [0.4, 0.5) is 11.4 Å². The second kappa shape index (κ2) is 9.29. The van der Waals surface area contributed by atoms with Crippen molar-refractivity contribution >= 4 is 52.4 Å². The average molecular weight is 435 g/mol. The standard InChI is InChI=1S/C21H20Cl2N2O4/c1-2-13-5-3-4-6-18(13)25-11-14(9-20(25)27)21(28)29-12-19(26)24-17-10-15(22)7-8-16(17)23/h3-8,10,14H,2,9,11-12H2,1H3,(H,24,26)/t14-/m0/s1. The summed E-state index contributed by atoms with van der Waals surface area (Å²) in [6, 6.07) is 12.3. The van der Waals surface area contributed by atoms with E-state index in [0.717, 1.165) is 17.7 Å². The molecule has 0 spiro atoms. The molecule has 2 aromatic rings. The molecule has 2 aromatic carbocycles. The molecule has 3 rings (SSSR count). The minimum absolute atomic E-state index is 0.0542. The molecule has 1 saturated heterocycles. The Morgan fingerprint density at radius 3 is 2.72 bits per heavy atom. The van der Waals surface area contributed by atoms with Gasteiger partial charge in [-0.15, -0.1) is 0 Å². The molecule has 6 nitrogen and oxygen atoms in total. The van der Waals surface area contributed by atoms with E-state index in [-0.39, 0.29) is 18.9 Å². The lowest BCUT2D eigenvalue weighted by atomic mass is 10.1. The van der Waals surface area contributed by atoms with Crippen molar-refractivity contribution in [2.75, 3.05) is 23.4 Å². The number of esters is 1. The highest BCUT2D eigenvalue weighted by Crippen LogP contribution is 2.29. The van der Waals surface area contributed by atoms with Gasteiger partial charge in [-0.3, -0.25) is 14.4 Å². The molecule has 0 aromatic heterocycles. The highest BCUT2D eigenvalue weighted by Gasteiger charge is 2.37. The minimum Gasteiger partial charge on any atom is -0.455 e. The normalized spacial score (nSPS) is 16.0. The zero-order valence-electron chi connectivity index (χ0n) is 15.8. The number of carbonyl (C=O) groups excluding carboxylic acids is 3. The number of halogens is 2. The van der Waals surface area contributed by atoms with Crippen LogP contribution in [-0.2, 0) is 25.5 Å². The van der Waals surface area contributed by atoms with Crippen molar-refractivity contribution in [1.82, 2.24) is 0 Å². The van der Waals surface area contributed by atoms with E-state index in [4.69, 9.17) is 27.9 Å². The van der Waals surface area contributed by atoms with Gasteiger partial charge in [0.25, 0.3) is 5.91 Å². The molecule has 1 N–H and O–H groups in total. The van der Waals surface area contributed by atoms with E-state index in [1.807, 2.05) is 31.2 Å². The van der Waals surface area contributed by atoms with E-state index < -0.39 is 24.4 Å². The van der Waals surface area contributed by atoms with Gasteiger partial charge < -0.3 is 15.0 Å². The van der Waals surface area contributed by atoms with E-state index >= 15 is 0 Å². The maximum Gasteiger partial charge on any atom is 0.311 e. The van der Waals surface area contributed by atoms with Crippen molar-refractivity contribution in [3.8, 4) is 0 Å². The molecule has 0 radical (unpaired) electrons. The third kappa shape index (κ3) is 5.08. The average Bonchev–Trinajstić information content (AvgIpc) is 3.10. The van der Waals surface area contributed by atoms with E-state index in [9.17, 15) is 14.4 Å². The zero-order valence-corrected chi connectivity index (χ0v) is 17.3. The second-order valence-corrected chi connectivity index (χ2v) is 7.51. The number of hydrogen-bond donors (Lipinski definition) is 1. The molecular weight excluding hydrogens is 415 g/mol. The molecule has 29 heavy (non-hydrogen) atoms. The first-order valence-corrected chi connectivity index (χ1v) is 9.94. The van der Waals surface area contributed by atoms with Crippen molar-refractivity contribution in [2.24, 2.45) is 5.92 Å². The third-order valence-corrected chi connectivity index (χ3v) is 5.23. The van der Waals surface area contributed by atoms with Crippen molar-refractivity contribution < 1.29 is 19.1 Å². The molecular formula is C21H20Cl2N2O4. The second-order valence-electron chi connectivity index (χ2n) is 6.67. The minimum atomic E-state index is -0.616. The number of amides is 2. The number of carbonyl (C=O) groups is 3. The number of nitrogens with one attached hydrogen (secondary N) is 1.